The molecule has 1 aliphatic rings. The number of hydrogen-bond acceptors (Lipinski definition) is 4. The minimum atomic E-state index is -0.448. The van der Waals surface area contributed by atoms with Crippen molar-refractivity contribution >= 4 is 5.91 Å². The third kappa shape index (κ3) is 3.13. The van der Waals surface area contributed by atoms with Crippen molar-refractivity contribution in [3.8, 4) is 11.5 Å². The summed E-state index contributed by atoms with van der Waals surface area (Å²) < 4.78 is 10.5. The van der Waals surface area contributed by atoms with Gasteiger partial charge in [-0.15, -0.1) is 0 Å². The quantitative estimate of drug-likeness (QED) is 0.868. The van der Waals surface area contributed by atoms with E-state index in [2.05, 4.69) is 5.32 Å². The molecular formula is C16H24N2O3. The number of benzene rings is 1. The predicted molar refractivity (Wildman–Crippen MR) is 81.3 cm³/mol. The zero-order valence-electron chi connectivity index (χ0n) is 12.9. The number of rotatable bonds is 5. The van der Waals surface area contributed by atoms with Crippen molar-refractivity contribution in [2.24, 2.45) is 11.1 Å². The second kappa shape index (κ2) is 6.35. The van der Waals surface area contributed by atoms with Crippen molar-refractivity contribution in [1.29, 1.82) is 0 Å². The molecule has 2 atom stereocenters. The predicted octanol–water partition coefficient (Wildman–Crippen LogP) is 1.84. The fraction of sp³-hybridized carbons (Fsp3) is 0.562. The molecule has 0 spiro atoms. The van der Waals surface area contributed by atoms with E-state index in [0.717, 1.165) is 24.8 Å². The molecule has 3 N–H and O–H groups in total. The van der Waals surface area contributed by atoms with Crippen molar-refractivity contribution in [2.75, 3.05) is 14.2 Å². The minimum absolute atomic E-state index is 0.0299. The largest absolute Gasteiger partial charge is 0.493 e. The van der Waals surface area contributed by atoms with Crippen LogP contribution < -0.4 is 20.5 Å². The Hall–Kier alpha value is -1.75. The molecule has 1 saturated carbocycles. The molecule has 0 bridgehead atoms. The first-order valence-corrected chi connectivity index (χ1v) is 7.26. The number of carbonyl (C=O) groups excluding carboxylic acids is 1. The summed E-state index contributed by atoms with van der Waals surface area (Å²) in [6, 6.07) is 5.57. The van der Waals surface area contributed by atoms with Gasteiger partial charge in [-0.1, -0.05) is 12.5 Å². The van der Waals surface area contributed by atoms with E-state index in [4.69, 9.17) is 15.2 Å². The molecule has 0 saturated heterocycles. The lowest BCUT2D eigenvalue weighted by molar-refractivity contribution is -0.130. The van der Waals surface area contributed by atoms with Crippen molar-refractivity contribution in [1.82, 2.24) is 5.32 Å². The van der Waals surface area contributed by atoms with E-state index in [1.165, 1.54) is 0 Å². The van der Waals surface area contributed by atoms with Crippen molar-refractivity contribution in [3.05, 3.63) is 23.8 Å². The van der Waals surface area contributed by atoms with Crippen molar-refractivity contribution in [2.45, 2.75) is 38.8 Å². The summed E-state index contributed by atoms with van der Waals surface area (Å²) in [6.07, 6.45) is 2.79. The fourth-order valence-electron chi connectivity index (χ4n) is 2.85. The van der Waals surface area contributed by atoms with Crippen molar-refractivity contribution < 1.29 is 14.3 Å². The van der Waals surface area contributed by atoms with E-state index in [9.17, 15) is 4.79 Å². The Balaban J connectivity index is 2.01. The average molecular weight is 292 g/mol. The molecule has 1 amide bonds. The monoisotopic (exact) mass is 292 g/mol. The molecule has 116 valence electrons. The van der Waals surface area contributed by atoms with Crippen LogP contribution in [0.25, 0.3) is 0 Å². The van der Waals surface area contributed by atoms with Crippen LogP contribution in [-0.4, -0.2) is 26.2 Å². The second-order valence-electron chi connectivity index (χ2n) is 5.79. The van der Waals surface area contributed by atoms with Crippen molar-refractivity contribution in [3.63, 3.8) is 0 Å². The number of hydrogen-bond donors (Lipinski definition) is 2. The van der Waals surface area contributed by atoms with Crippen LogP contribution in [0.15, 0.2) is 18.2 Å². The van der Waals surface area contributed by atoms with Crippen LogP contribution >= 0.6 is 0 Å². The highest BCUT2D eigenvalue weighted by atomic mass is 16.5. The van der Waals surface area contributed by atoms with E-state index in [0.29, 0.717) is 18.0 Å². The van der Waals surface area contributed by atoms with Crippen LogP contribution in [0.2, 0.25) is 0 Å². The zero-order chi connectivity index (χ0) is 15.5. The first-order chi connectivity index (χ1) is 10.0. The highest BCUT2D eigenvalue weighted by Gasteiger charge is 2.42. The Morgan fingerprint density at radius 1 is 1.38 bits per heavy atom. The summed E-state index contributed by atoms with van der Waals surface area (Å²) >= 11 is 0. The van der Waals surface area contributed by atoms with E-state index in [-0.39, 0.29) is 11.9 Å². The van der Waals surface area contributed by atoms with Crippen LogP contribution in [0, 0.1) is 5.41 Å². The van der Waals surface area contributed by atoms with Gasteiger partial charge in [-0.25, -0.2) is 0 Å². The zero-order valence-corrected chi connectivity index (χ0v) is 12.9. The summed E-state index contributed by atoms with van der Waals surface area (Å²) in [4.78, 5) is 12.4. The SMILES string of the molecule is COc1ccc(CNC(=O)C2(C)CCCC2N)cc1OC. The van der Waals surface area contributed by atoms with Crippen LogP contribution in [0.3, 0.4) is 0 Å². The first-order valence-electron chi connectivity index (χ1n) is 7.26. The van der Waals surface area contributed by atoms with E-state index >= 15 is 0 Å². The number of carbonyl (C=O) groups is 1. The molecule has 0 heterocycles. The van der Waals surface area contributed by atoms with Crippen LogP contribution in [-0.2, 0) is 11.3 Å². The number of ether oxygens (including phenoxy) is 2. The molecule has 0 radical (unpaired) electrons. The molecule has 1 aliphatic carbocycles. The molecule has 1 fully saturated rings. The Bertz CT molecular complexity index is 518. The number of nitrogens with one attached hydrogen (secondary N) is 1. The Morgan fingerprint density at radius 3 is 2.67 bits per heavy atom. The molecule has 0 aromatic heterocycles. The van der Waals surface area contributed by atoms with Gasteiger partial charge in [-0.3, -0.25) is 4.79 Å². The second-order valence-corrected chi connectivity index (χ2v) is 5.79. The minimum Gasteiger partial charge on any atom is -0.493 e. The highest BCUT2D eigenvalue weighted by molar-refractivity contribution is 5.83. The van der Waals surface area contributed by atoms with Gasteiger partial charge in [0.1, 0.15) is 0 Å². The van der Waals surface area contributed by atoms with Gasteiger partial charge < -0.3 is 20.5 Å². The van der Waals surface area contributed by atoms with Crippen LogP contribution in [0.5, 0.6) is 11.5 Å². The topological polar surface area (TPSA) is 73.6 Å². The molecule has 21 heavy (non-hydrogen) atoms. The molecule has 2 rings (SSSR count). The van der Waals surface area contributed by atoms with Crippen LogP contribution in [0.1, 0.15) is 31.7 Å². The summed E-state index contributed by atoms with van der Waals surface area (Å²) in [5, 5.41) is 2.99. The molecule has 5 heteroatoms. The standard InChI is InChI=1S/C16H24N2O3/c1-16(8-4-5-14(16)17)15(19)18-10-11-6-7-12(20-2)13(9-11)21-3/h6-7,9,14H,4-5,8,10,17H2,1-3H3,(H,18,19). The van der Waals surface area contributed by atoms with Gasteiger partial charge in [0.2, 0.25) is 5.91 Å². The first kappa shape index (κ1) is 15.6. The summed E-state index contributed by atoms with van der Waals surface area (Å²) in [7, 11) is 3.19. The average Bonchev–Trinajstić information content (AvgIpc) is 2.85. The molecule has 0 aliphatic heterocycles. The molecular weight excluding hydrogens is 268 g/mol. The van der Waals surface area contributed by atoms with Gasteiger partial charge in [0, 0.05) is 12.6 Å². The normalized spacial score (nSPS) is 24.7. The van der Waals surface area contributed by atoms with Gasteiger partial charge in [-0.2, -0.15) is 0 Å². The van der Waals surface area contributed by atoms with E-state index in [1.807, 2.05) is 25.1 Å². The summed E-state index contributed by atoms with van der Waals surface area (Å²) in [5.74, 6) is 1.37. The maximum atomic E-state index is 12.4. The Kier molecular flexibility index (Phi) is 4.73. The fourth-order valence-corrected chi connectivity index (χ4v) is 2.85. The number of methoxy groups -OCH3 is 2. The lowest BCUT2D eigenvalue weighted by atomic mass is 9.84. The molecule has 5 nitrogen and oxygen atoms in total. The third-order valence-electron chi connectivity index (χ3n) is 4.45. The van der Waals surface area contributed by atoms with Crippen LogP contribution in [0.4, 0.5) is 0 Å². The smallest absolute Gasteiger partial charge is 0.227 e. The number of amides is 1. The van der Waals surface area contributed by atoms with Gasteiger partial charge in [-0.05, 0) is 37.5 Å². The maximum Gasteiger partial charge on any atom is 0.227 e. The summed E-state index contributed by atoms with van der Waals surface area (Å²) in [6.45, 7) is 2.41. The molecule has 2 unspecified atom stereocenters. The lowest BCUT2D eigenvalue weighted by Crippen LogP contribution is -2.47. The highest BCUT2D eigenvalue weighted by Crippen LogP contribution is 2.37. The maximum absolute atomic E-state index is 12.4. The molecule has 1 aromatic rings. The Labute approximate surface area is 125 Å². The summed E-state index contributed by atoms with van der Waals surface area (Å²) in [5.41, 5.74) is 6.59. The van der Waals surface area contributed by atoms with Gasteiger partial charge in [0.25, 0.3) is 0 Å². The number of nitrogens with two attached hydrogens (primary N) is 1. The lowest BCUT2D eigenvalue weighted by Gasteiger charge is -2.27. The third-order valence-corrected chi connectivity index (χ3v) is 4.45. The van der Waals surface area contributed by atoms with E-state index in [1.54, 1.807) is 14.2 Å². The van der Waals surface area contributed by atoms with Gasteiger partial charge in [0.15, 0.2) is 11.5 Å². The van der Waals surface area contributed by atoms with Gasteiger partial charge >= 0.3 is 0 Å². The van der Waals surface area contributed by atoms with E-state index < -0.39 is 5.41 Å². The molecule has 1 aromatic carbocycles. The van der Waals surface area contributed by atoms with Gasteiger partial charge in [0.05, 0.1) is 19.6 Å². The Morgan fingerprint density at radius 2 is 2.10 bits per heavy atom.